The molecule has 0 bridgehead atoms. The highest BCUT2D eigenvalue weighted by atomic mass is 16.4. The minimum atomic E-state index is -0.906. The Labute approximate surface area is 117 Å². The van der Waals surface area contributed by atoms with Gasteiger partial charge in [0, 0.05) is 11.6 Å². The molecule has 3 rings (SSSR count). The Hall–Kier alpha value is -1.78. The van der Waals surface area contributed by atoms with Gasteiger partial charge in [-0.3, -0.25) is 4.79 Å². The van der Waals surface area contributed by atoms with E-state index in [1.165, 1.54) is 6.26 Å². The molecule has 1 aliphatic heterocycles. The van der Waals surface area contributed by atoms with Crippen LogP contribution in [-0.4, -0.2) is 34.0 Å². The lowest BCUT2D eigenvalue weighted by Gasteiger charge is -2.32. The van der Waals surface area contributed by atoms with Crippen LogP contribution in [0.15, 0.2) is 16.7 Å². The molecule has 1 amide bonds. The number of amides is 1. The number of carboxylic acids is 1. The van der Waals surface area contributed by atoms with E-state index in [4.69, 9.17) is 4.42 Å². The number of aliphatic carboxylic acids is 1. The minimum Gasteiger partial charge on any atom is -0.480 e. The van der Waals surface area contributed by atoms with Crippen LogP contribution in [0.1, 0.15) is 48.2 Å². The van der Waals surface area contributed by atoms with Crippen LogP contribution in [0.3, 0.4) is 0 Å². The lowest BCUT2D eigenvalue weighted by molar-refractivity contribution is -0.141. The Kier molecular flexibility index (Phi) is 3.28. The Morgan fingerprint density at radius 3 is 2.75 bits per heavy atom. The fraction of sp³-hybridized carbons (Fsp3) is 0.600. The summed E-state index contributed by atoms with van der Waals surface area (Å²) in [4.78, 5) is 25.7. The van der Waals surface area contributed by atoms with Gasteiger partial charge in [-0.05, 0) is 38.2 Å². The number of hydrogen-bond acceptors (Lipinski definition) is 3. The van der Waals surface area contributed by atoms with Crippen molar-refractivity contribution in [2.75, 3.05) is 0 Å². The predicted molar refractivity (Wildman–Crippen MR) is 71.4 cm³/mol. The standard InChI is InChI=1S/C15H19NO4/c1-9-6-7-20-13(9)14(17)16-11-5-3-2-4-10(11)8-12(16)15(18)19/h6-7,10-12H,2-5,8H2,1H3,(H,18,19). The molecular weight excluding hydrogens is 258 g/mol. The SMILES string of the molecule is Cc1ccoc1C(=O)N1C(C(=O)O)CC2CCCCC21. The molecule has 2 heterocycles. The van der Waals surface area contributed by atoms with Crippen molar-refractivity contribution in [1.82, 2.24) is 4.90 Å². The summed E-state index contributed by atoms with van der Waals surface area (Å²) in [5, 5.41) is 9.42. The molecule has 1 aromatic rings. The number of carboxylic acid groups (broad SMARTS) is 1. The molecule has 0 aromatic carbocycles. The van der Waals surface area contributed by atoms with Crippen molar-refractivity contribution in [2.45, 2.75) is 51.1 Å². The van der Waals surface area contributed by atoms with Gasteiger partial charge in [0.2, 0.25) is 0 Å². The van der Waals surface area contributed by atoms with Crippen LogP contribution >= 0.6 is 0 Å². The van der Waals surface area contributed by atoms with Crippen molar-refractivity contribution in [3.63, 3.8) is 0 Å². The molecule has 0 spiro atoms. The maximum atomic E-state index is 12.7. The summed E-state index contributed by atoms with van der Waals surface area (Å²) < 4.78 is 5.26. The predicted octanol–water partition coefficient (Wildman–Crippen LogP) is 2.45. The van der Waals surface area contributed by atoms with Crippen LogP contribution in [0.25, 0.3) is 0 Å². The molecule has 2 aliphatic rings. The van der Waals surface area contributed by atoms with E-state index in [2.05, 4.69) is 0 Å². The van der Waals surface area contributed by atoms with E-state index in [1.54, 1.807) is 17.9 Å². The topological polar surface area (TPSA) is 70.8 Å². The van der Waals surface area contributed by atoms with Gasteiger partial charge < -0.3 is 14.4 Å². The third-order valence-electron chi connectivity index (χ3n) is 4.66. The first kappa shape index (κ1) is 13.2. The summed E-state index contributed by atoms with van der Waals surface area (Å²) in [6.45, 7) is 1.81. The summed E-state index contributed by atoms with van der Waals surface area (Å²) >= 11 is 0. The van der Waals surface area contributed by atoms with Crippen molar-refractivity contribution in [1.29, 1.82) is 0 Å². The fourth-order valence-corrected chi connectivity index (χ4v) is 3.68. The summed E-state index contributed by atoms with van der Waals surface area (Å²) in [6.07, 6.45) is 6.18. The second kappa shape index (κ2) is 4.96. The number of hydrogen-bond donors (Lipinski definition) is 1. The van der Waals surface area contributed by atoms with Crippen molar-refractivity contribution in [3.05, 3.63) is 23.7 Å². The molecule has 1 saturated carbocycles. The quantitative estimate of drug-likeness (QED) is 0.901. The number of likely N-dealkylation sites (tertiary alicyclic amines) is 1. The van der Waals surface area contributed by atoms with E-state index >= 15 is 0 Å². The van der Waals surface area contributed by atoms with Gasteiger partial charge in [-0.2, -0.15) is 0 Å². The molecule has 5 heteroatoms. The molecule has 1 aromatic heterocycles. The first-order valence-electron chi connectivity index (χ1n) is 7.19. The van der Waals surface area contributed by atoms with Gasteiger partial charge in [-0.25, -0.2) is 4.79 Å². The van der Waals surface area contributed by atoms with E-state index in [0.29, 0.717) is 12.3 Å². The zero-order chi connectivity index (χ0) is 14.3. The molecule has 1 saturated heterocycles. The second-order valence-electron chi connectivity index (χ2n) is 5.85. The Morgan fingerprint density at radius 1 is 1.35 bits per heavy atom. The number of carbonyl (C=O) groups excluding carboxylic acids is 1. The average Bonchev–Trinajstić information content (AvgIpc) is 3.01. The Balaban J connectivity index is 1.93. The van der Waals surface area contributed by atoms with Gasteiger partial charge in [0.05, 0.1) is 6.26 Å². The molecule has 1 aliphatic carbocycles. The summed E-state index contributed by atoms with van der Waals surface area (Å²) in [6, 6.07) is 1.08. The van der Waals surface area contributed by atoms with Crippen LogP contribution in [0, 0.1) is 12.8 Å². The maximum absolute atomic E-state index is 12.7. The monoisotopic (exact) mass is 277 g/mol. The normalized spacial score (nSPS) is 29.2. The van der Waals surface area contributed by atoms with Gasteiger partial charge in [0.15, 0.2) is 5.76 Å². The van der Waals surface area contributed by atoms with E-state index in [0.717, 1.165) is 31.2 Å². The van der Waals surface area contributed by atoms with E-state index < -0.39 is 12.0 Å². The molecule has 3 atom stereocenters. The zero-order valence-electron chi connectivity index (χ0n) is 11.5. The first-order valence-corrected chi connectivity index (χ1v) is 7.19. The second-order valence-corrected chi connectivity index (χ2v) is 5.85. The molecule has 108 valence electrons. The van der Waals surface area contributed by atoms with Crippen molar-refractivity contribution < 1.29 is 19.1 Å². The highest BCUT2D eigenvalue weighted by Crippen LogP contribution is 2.40. The van der Waals surface area contributed by atoms with Crippen LogP contribution in [0.2, 0.25) is 0 Å². The molecule has 2 fully saturated rings. The minimum absolute atomic E-state index is 0.0573. The molecule has 20 heavy (non-hydrogen) atoms. The number of carbonyl (C=O) groups is 2. The van der Waals surface area contributed by atoms with E-state index in [-0.39, 0.29) is 17.7 Å². The lowest BCUT2D eigenvalue weighted by Crippen LogP contribution is -2.46. The smallest absolute Gasteiger partial charge is 0.326 e. The molecule has 1 N–H and O–H groups in total. The maximum Gasteiger partial charge on any atom is 0.326 e. The Morgan fingerprint density at radius 2 is 2.10 bits per heavy atom. The fourth-order valence-electron chi connectivity index (χ4n) is 3.68. The summed E-state index contributed by atoms with van der Waals surface area (Å²) in [5.41, 5.74) is 0.762. The van der Waals surface area contributed by atoms with Gasteiger partial charge in [-0.1, -0.05) is 12.8 Å². The molecule has 3 unspecified atom stereocenters. The summed E-state index contributed by atoms with van der Waals surface area (Å²) in [5.74, 6) is -0.571. The Bertz CT molecular complexity index is 536. The van der Waals surface area contributed by atoms with Gasteiger partial charge in [0.1, 0.15) is 6.04 Å². The summed E-state index contributed by atoms with van der Waals surface area (Å²) in [7, 11) is 0. The number of nitrogens with zero attached hydrogens (tertiary/aromatic N) is 1. The first-order chi connectivity index (χ1) is 9.59. The largest absolute Gasteiger partial charge is 0.480 e. The number of aryl methyl sites for hydroxylation is 1. The van der Waals surface area contributed by atoms with Gasteiger partial charge >= 0.3 is 5.97 Å². The van der Waals surface area contributed by atoms with E-state index in [9.17, 15) is 14.7 Å². The lowest BCUT2D eigenvalue weighted by atomic mass is 9.84. The zero-order valence-corrected chi connectivity index (χ0v) is 11.5. The third kappa shape index (κ3) is 2.01. The third-order valence-corrected chi connectivity index (χ3v) is 4.66. The number of furan rings is 1. The van der Waals surface area contributed by atoms with Crippen LogP contribution in [0.5, 0.6) is 0 Å². The molecule has 5 nitrogen and oxygen atoms in total. The molecular formula is C15H19NO4. The van der Waals surface area contributed by atoms with Crippen LogP contribution in [-0.2, 0) is 4.79 Å². The number of rotatable bonds is 2. The van der Waals surface area contributed by atoms with Crippen LogP contribution in [0.4, 0.5) is 0 Å². The highest BCUT2D eigenvalue weighted by molar-refractivity contribution is 5.96. The van der Waals surface area contributed by atoms with E-state index in [1.807, 2.05) is 0 Å². The van der Waals surface area contributed by atoms with Gasteiger partial charge in [-0.15, -0.1) is 0 Å². The highest BCUT2D eigenvalue weighted by Gasteiger charge is 2.48. The van der Waals surface area contributed by atoms with Crippen molar-refractivity contribution in [3.8, 4) is 0 Å². The number of fused-ring (bicyclic) bond motifs is 1. The van der Waals surface area contributed by atoms with Crippen LogP contribution < -0.4 is 0 Å². The molecule has 0 radical (unpaired) electrons. The van der Waals surface area contributed by atoms with Gasteiger partial charge in [0.25, 0.3) is 5.91 Å². The van der Waals surface area contributed by atoms with Crippen molar-refractivity contribution in [2.24, 2.45) is 5.92 Å². The average molecular weight is 277 g/mol. The van der Waals surface area contributed by atoms with Crippen molar-refractivity contribution >= 4 is 11.9 Å².